The van der Waals surface area contributed by atoms with Gasteiger partial charge >= 0.3 is 6.18 Å². The molecule has 0 atom stereocenters. The minimum absolute atomic E-state index is 0.0264. The maximum atomic E-state index is 12.9. The number of nitrogens with two attached hydrogens (primary N) is 1. The number of amides is 1. The molecule has 166 valence electrons. The Kier molecular flexibility index (Phi) is 6.27. The first-order valence-electron chi connectivity index (χ1n) is 8.66. The van der Waals surface area contributed by atoms with Gasteiger partial charge in [-0.15, -0.1) is 0 Å². The van der Waals surface area contributed by atoms with E-state index in [9.17, 15) is 26.4 Å². The summed E-state index contributed by atoms with van der Waals surface area (Å²) < 4.78 is 63.9. The number of primary sulfonamides is 1. The molecule has 0 saturated carbocycles. The molecule has 0 saturated heterocycles. The lowest BCUT2D eigenvalue weighted by molar-refractivity contribution is -0.137. The number of aromatic nitrogens is 2. The highest BCUT2D eigenvalue weighted by Crippen LogP contribution is 2.32. The van der Waals surface area contributed by atoms with E-state index in [1.54, 1.807) is 0 Å². The highest BCUT2D eigenvalue weighted by molar-refractivity contribution is 7.89. The molecule has 0 radical (unpaired) electrons. The van der Waals surface area contributed by atoms with Crippen molar-refractivity contribution in [2.75, 3.05) is 5.32 Å². The van der Waals surface area contributed by atoms with E-state index >= 15 is 0 Å². The summed E-state index contributed by atoms with van der Waals surface area (Å²) >= 11 is 5.91. The SMILES string of the molecule is N#Cc1cnn(-c2ccc(NC(=O)Cc3cc(C(F)(F)F)ccc3Cl)cc2S(N)(=O)=O)c1. The number of rotatable bonds is 5. The van der Waals surface area contributed by atoms with Crippen LogP contribution in [0, 0.1) is 11.3 Å². The molecule has 3 rings (SSSR count). The van der Waals surface area contributed by atoms with Crippen LogP contribution in [0.3, 0.4) is 0 Å². The van der Waals surface area contributed by atoms with Crippen molar-refractivity contribution in [1.82, 2.24) is 9.78 Å². The number of carbonyl (C=O) groups is 1. The Balaban J connectivity index is 1.88. The maximum Gasteiger partial charge on any atom is 0.416 e. The first-order valence-corrected chi connectivity index (χ1v) is 10.6. The number of anilines is 1. The number of sulfonamides is 1. The molecule has 1 heterocycles. The number of hydrogen-bond donors (Lipinski definition) is 2. The van der Waals surface area contributed by atoms with Crippen molar-refractivity contribution in [1.29, 1.82) is 5.26 Å². The fraction of sp³-hybridized carbons (Fsp3) is 0.105. The quantitative estimate of drug-likeness (QED) is 0.575. The van der Waals surface area contributed by atoms with Gasteiger partial charge in [-0.3, -0.25) is 4.79 Å². The predicted octanol–water partition coefficient (Wildman–Crippen LogP) is 3.24. The third-order valence-corrected chi connectivity index (χ3v) is 5.54. The van der Waals surface area contributed by atoms with Gasteiger partial charge in [-0.25, -0.2) is 18.2 Å². The molecule has 1 aromatic heterocycles. The molecule has 3 aromatic rings. The van der Waals surface area contributed by atoms with Crippen molar-refractivity contribution in [2.24, 2.45) is 5.14 Å². The van der Waals surface area contributed by atoms with Gasteiger partial charge in [0, 0.05) is 16.9 Å². The molecule has 0 aliphatic heterocycles. The largest absolute Gasteiger partial charge is 0.416 e. The molecule has 32 heavy (non-hydrogen) atoms. The lowest BCUT2D eigenvalue weighted by Gasteiger charge is -2.13. The standard InChI is InChI=1S/C19H13ClF3N5O3S/c20-15-3-1-13(19(21,22)23)5-12(15)6-18(29)27-14-2-4-16(17(7-14)32(25,30)31)28-10-11(8-24)9-26-28/h1-5,7,9-10H,6H2,(H,27,29)(H2,25,30,31). The van der Waals surface area contributed by atoms with Crippen LogP contribution in [0.1, 0.15) is 16.7 Å². The number of nitrogens with zero attached hydrogens (tertiary/aromatic N) is 3. The van der Waals surface area contributed by atoms with E-state index in [0.29, 0.717) is 0 Å². The van der Waals surface area contributed by atoms with E-state index in [0.717, 1.165) is 28.9 Å². The zero-order valence-corrected chi connectivity index (χ0v) is 17.5. The van der Waals surface area contributed by atoms with Gasteiger partial charge in [0.2, 0.25) is 15.9 Å². The Morgan fingerprint density at radius 1 is 1.25 bits per heavy atom. The number of benzene rings is 2. The summed E-state index contributed by atoms with van der Waals surface area (Å²) in [6.07, 6.45) is -2.58. The number of nitrogens with one attached hydrogen (secondary N) is 1. The number of hydrogen-bond acceptors (Lipinski definition) is 5. The average Bonchev–Trinajstić information content (AvgIpc) is 3.17. The van der Waals surface area contributed by atoms with E-state index in [-0.39, 0.29) is 32.4 Å². The summed E-state index contributed by atoms with van der Waals surface area (Å²) in [4.78, 5) is 12.0. The first kappa shape index (κ1) is 23.3. The van der Waals surface area contributed by atoms with Gasteiger partial charge < -0.3 is 5.32 Å². The van der Waals surface area contributed by atoms with Crippen molar-refractivity contribution in [3.63, 3.8) is 0 Å². The topological polar surface area (TPSA) is 131 Å². The molecule has 2 aromatic carbocycles. The zero-order valence-electron chi connectivity index (χ0n) is 15.9. The van der Waals surface area contributed by atoms with E-state index in [1.807, 2.05) is 6.07 Å². The molecule has 0 aliphatic rings. The third kappa shape index (κ3) is 5.25. The van der Waals surface area contributed by atoms with Crippen molar-refractivity contribution in [3.8, 4) is 11.8 Å². The smallest absolute Gasteiger partial charge is 0.326 e. The Bertz CT molecular complexity index is 1350. The van der Waals surface area contributed by atoms with Crippen LogP contribution in [-0.2, 0) is 27.4 Å². The van der Waals surface area contributed by atoms with Crippen molar-refractivity contribution in [3.05, 3.63) is 70.5 Å². The van der Waals surface area contributed by atoms with Crippen LogP contribution >= 0.6 is 11.6 Å². The monoisotopic (exact) mass is 483 g/mol. The fourth-order valence-electron chi connectivity index (χ4n) is 2.79. The van der Waals surface area contributed by atoms with Gasteiger partial charge in [-0.2, -0.15) is 23.5 Å². The summed E-state index contributed by atoms with van der Waals surface area (Å²) in [6, 6.07) is 8.19. The van der Waals surface area contributed by atoms with Crippen LogP contribution in [0.25, 0.3) is 5.69 Å². The molecule has 0 aliphatic carbocycles. The Labute approximate surface area is 185 Å². The second kappa shape index (κ2) is 8.62. The highest BCUT2D eigenvalue weighted by atomic mass is 35.5. The molecule has 0 fully saturated rings. The van der Waals surface area contributed by atoms with Crippen LogP contribution in [-0.4, -0.2) is 24.1 Å². The van der Waals surface area contributed by atoms with E-state index in [4.69, 9.17) is 22.0 Å². The second-order valence-corrected chi connectivity index (χ2v) is 8.48. The van der Waals surface area contributed by atoms with Gasteiger partial charge in [0.15, 0.2) is 0 Å². The molecule has 3 N–H and O–H groups in total. The van der Waals surface area contributed by atoms with Gasteiger partial charge in [0.1, 0.15) is 11.0 Å². The van der Waals surface area contributed by atoms with Gasteiger partial charge in [-0.05, 0) is 42.0 Å². The third-order valence-electron chi connectivity index (χ3n) is 4.23. The molecule has 13 heteroatoms. The van der Waals surface area contributed by atoms with E-state index in [1.165, 1.54) is 24.5 Å². The number of alkyl halides is 3. The lowest BCUT2D eigenvalue weighted by atomic mass is 10.1. The van der Waals surface area contributed by atoms with Crippen LogP contribution in [0.5, 0.6) is 0 Å². The predicted molar refractivity (Wildman–Crippen MR) is 108 cm³/mol. The van der Waals surface area contributed by atoms with Crippen LogP contribution in [0.15, 0.2) is 53.7 Å². The Morgan fingerprint density at radius 3 is 2.56 bits per heavy atom. The summed E-state index contributed by atoms with van der Waals surface area (Å²) in [5.41, 5.74) is -0.767. The number of carbonyl (C=O) groups excluding carboxylic acids is 1. The molecule has 8 nitrogen and oxygen atoms in total. The summed E-state index contributed by atoms with van der Waals surface area (Å²) in [5.74, 6) is -0.731. The van der Waals surface area contributed by atoms with Crippen LogP contribution < -0.4 is 10.5 Å². The van der Waals surface area contributed by atoms with Crippen molar-refractivity contribution in [2.45, 2.75) is 17.5 Å². The summed E-state index contributed by atoms with van der Waals surface area (Å²) in [7, 11) is -4.27. The average molecular weight is 484 g/mol. The Morgan fingerprint density at radius 2 is 1.97 bits per heavy atom. The highest BCUT2D eigenvalue weighted by Gasteiger charge is 2.31. The number of halogens is 4. The molecule has 0 bridgehead atoms. The van der Waals surface area contributed by atoms with Crippen molar-refractivity contribution >= 4 is 33.2 Å². The molecule has 0 unspecified atom stereocenters. The normalized spacial score (nSPS) is 11.8. The maximum absolute atomic E-state index is 12.9. The minimum atomic E-state index is -4.60. The van der Waals surface area contributed by atoms with Crippen LogP contribution in [0.2, 0.25) is 5.02 Å². The van der Waals surface area contributed by atoms with Crippen LogP contribution in [0.4, 0.5) is 18.9 Å². The molecule has 1 amide bonds. The first-order chi connectivity index (χ1) is 14.9. The van der Waals surface area contributed by atoms with Crippen molar-refractivity contribution < 1.29 is 26.4 Å². The molecule has 0 spiro atoms. The lowest BCUT2D eigenvalue weighted by Crippen LogP contribution is -2.18. The van der Waals surface area contributed by atoms with Gasteiger partial charge in [0.05, 0.1) is 29.4 Å². The summed E-state index contributed by atoms with van der Waals surface area (Å²) in [6.45, 7) is 0. The molecular formula is C19H13ClF3N5O3S. The number of nitriles is 1. The summed E-state index contributed by atoms with van der Waals surface area (Å²) in [5, 5.41) is 20.4. The van der Waals surface area contributed by atoms with Gasteiger partial charge in [-0.1, -0.05) is 11.6 Å². The molecular weight excluding hydrogens is 471 g/mol. The van der Waals surface area contributed by atoms with E-state index < -0.39 is 34.1 Å². The Hall–Kier alpha value is -3.40. The second-order valence-electron chi connectivity index (χ2n) is 6.54. The van der Waals surface area contributed by atoms with Gasteiger partial charge in [0.25, 0.3) is 0 Å². The minimum Gasteiger partial charge on any atom is -0.326 e. The zero-order chi connectivity index (χ0) is 23.7. The van der Waals surface area contributed by atoms with E-state index in [2.05, 4.69) is 10.4 Å². The fourth-order valence-corrected chi connectivity index (χ4v) is 3.71.